The number of benzene rings is 1. The van der Waals surface area contributed by atoms with Crippen LogP contribution in [0.3, 0.4) is 0 Å². The Morgan fingerprint density at radius 2 is 1.68 bits per heavy atom. The van der Waals surface area contributed by atoms with E-state index in [9.17, 15) is 19.5 Å². The fourth-order valence-electron chi connectivity index (χ4n) is 9.57. The van der Waals surface area contributed by atoms with Crippen LogP contribution in [-0.4, -0.2) is 56.0 Å². The van der Waals surface area contributed by atoms with Crippen LogP contribution in [-0.2, 0) is 25.7 Å². The number of rotatable bonds is 13. The first-order valence-corrected chi connectivity index (χ1v) is 20.6. The number of allylic oxidation sites excluding steroid dienone is 3. The summed E-state index contributed by atoms with van der Waals surface area (Å²) in [6.45, 7) is 8.92. The molecule has 1 aromatic carbocycles. The largest absolute Gasteiger partial charge is 0.480 e. The number of fused-ring (bicyclic) bond motifs is 5. The van der Waals surface area contributed by atoms with Crippen LogP contribution in [0.4, 0.5) is 0 Å². The molecule has 6 rings (SSSR count). The fourth-order valence-corrected chi connectivity index (χ4v) is 11.9. The molecule has 8 atom stereocenters. The van der Waals surface area contributed by atoms with E-state index in [1.54, 1.807) is 21.6 Å². The van der Waals surface area contributed by atoms with E-state index in [0.717, 1.165) is 37.7 Å². The van der Waals surface area contributed by atoms with Crippen molar-refractivity contribution in [1.29, 1.82) is 0 Å². The van der Waals surface area contributed by atoms with Gasteiger partial charge in [0.2, 0.25) is 5.91 Å². The lowest BCUT2D eigenvalue weighted by Crippen LogP contribution is -2.50. The Morgan fingerprint density at radius 3 is 2.40 bits per heavy atom. The van der Waals surface area contributed by atoms with Crippen molar-refractivity contribution in [2.75, 3.05) is 6.54 Å². The number of pyridine rings is 1. The van der Waals surface area contributed by atoms with Gasteiger partial charge < -0.3 is 14.7 Å². The molecule has 4 aliphatic carbocycles. The van der Waals surface area contributed by atoms with Crippen LogP contribution in [0.15, 0.2) is 72.6 Å². The van der Waals surface area contributed by atoms with Gasteiger partial charge >= 0.3 is 11.9 Å². The van der Waals surface area contributed by atoms with Gasteiger partial charge in [0.1, 0.15) is 12.6 Å². The van der Waals surface area contributed by atoms with Gasteiger partial charge in [-0.3, -0.25) is 19.4 Å². The fraction of sp³-hybridized carbons (Fsp3) is 0.561. The first-order chi connectivity index (χ1) is 24.0. The molecule has 1 heterocycles. The van der Waals surface area contributed by atoms with Gasteiger partial charge in [-0.2, -0.15) is 0 Å². The number of aromatic nitrogens is 1. The molecule has 2 aromatic rings. The summed E-state index contributed by atoms with van der Waals surface area (Å²) >= 11 is 0. The first-order valence-electron chi connectivity index (χ1n) is 18.3. The zero-order chi connectivity index (χ0) is 35.5. The molecule has 2 saturated carbocycles. The average Bonchev–Trinajstić information content (AvgIpc) is 3.45. The second-order valence-electron chi connectivity index (χ2n) is 15.5. The van der Waals surface area contributed by atoms with E-state index in [2.05, 4.69) is 43.1 Å². The topological polar surface area (TPSA) is 96.8 Å². The molecule has 2 fully saturated rings. The molecule has 4 aliphatic rings. The Morgan fingerprint density at radius 1 is 0.940 bits per heavy atom. The highest BCUT2D eigenvalue weighted by molar-refractivity contribution is 8.77. The molecule has 268 valence electrons. The number of hydrogen-bond donors (Lipinski definition) is 1. The molecule has 1 aromatic heterocycles. The lowest BCUT2D eigenvalue weighted by atomic mass is 9.47. The summed E-state index contributed by atoms with van der Waals surface area (Å²) in [5.74, 6) is 0.660. The lowest BCUT2D eigenvalue weighted by molar-refractivity contribution is -0.151. The summed E-state index contributed by atoms with van der Waals surface area (Å²) in [7, 11) is 3.16. The minimum atomic E-state index is -1.03. The van der Waals surface area contributed by atoms with Gasteiger partial charge in [0.25, 0.3) is 0 Å². The zero-order valence-electron chi connectivity index (χ0n) is 29.9. The van der Waals surface area contributed by atoms with Gasteiger partial charge in [0.05, 0.1) is 6.42 Å². The van der Waals surface area contributed by atoms with Gasteiger partial charge in [-0.1, -0.05) is 103 Å². The summed E-state index contributed by atoms with van der Waals surface area (Å²) < 4.78 is 6.10. The number of carboxylic acids is 1. The molecule has 50 heavy (non-hydrogen) atoms. The van der Waals surface area contributed by atoms with Crippen molar-refractivity contribution in [2.45, 2.75) is 109 Å². The van der Waals surface area contributed by atoms with Crippen LogP contribution in [0.5, 0.6) is 0 Å². The smallest absolute Gasteiger partial charge is 0.323 e. The molecule has 7 nitrogen and oxygen atoms in total. The molecule has 1 N–H and O–H groups in total. The first kappa shape index (κ1) is 36.7. The number of hydrogen-bond acceptors (Lipinski definition) is 7. The highest BCUT2D eigenvalue weighted by Crippen LogP contribution is 2.66. The molecular weight excluding hydrogens is 665 g/mol. The Kier molecular flexibility index (Phi) is 11.5. The van der Waals surface area contributed by atoms with E-state index in [-0.39, 0.29) is 58.8 Å². The van der Waals surface area contributed by atoms with Crippen molar-refractivity contribution in [2.24, 2.45) is 28.6 Å². The minimum absolute atomic E-state index is 0.0288. The predicted octanol–water partition coefficient (Wildman–Crippen LogP) is 9.00. The van der Waals surface area contributed by atoms with Crippen LogP contribution >= 0.6 is 21.6 Å². The van der Waals surface area contributed by atoms with Crippen LogP contribution in [0, 0.1) is 28.6 Å². The molecule has 0 unspecified atom stereocenters. The highest BCUT2D eigenvalue weighted by Gasteiger charge is 2.57. The summed E-state index contributed by atoms with van der Waals surface area (Å²) in [5.41, 5.74) is 5.58. The number of amides is 1. The Labute approximate surface area is 305 Å². The number of carbonyl (C=O) groups is 3. The third kappa shape index (κ3) is 8.04. The highest BCUT2D eigenvalue weighted by atomic mass is 33.1. The van der Waals surface area contributed by atoms with E-state index in [1.807, 2.05) is 56.6 Å². The molecule has 0 saturated heterocycles. The Hall–Kier alpha value is -3.04. The number of carboxylic acid groups (broad SMARTS) is 1. The van der Waals surface area contributed by atoms with Crippen LogP contribution in [0.2, 0.25) is 0 Å². The van der Waals surface area contributed by atoms with Gasteiger partial charge in [-0.05, 0) is 89.9 Å². The van der Waals surface area contributed by atoms with E-state index < -0.39 is 5.97 Å². The minimum Gasteiger partial charge on any atom is -0.480 e. The van der Waals surface area contributed by atoms with Crippen LogP contribution < -0.4 is 0 Å². The van der Waals surface area contributed by atoms with Crippen molar-refractivity contribution < 1.29 is 24.2 Å². The average molecular weight is 717 g/mol. The third-order valence-corrected chi connectivity index (χ3v) is 15.5. The summed E-state index contributed by atoms with van der Waals surface area (Å²) in [6, 6.07) is 13.7. The normalized spacial score (nSPS) is 29.7. The Bertz CT molecular complexity index is 1600. The van der Waals surface area contributed by atoms with Crippen molar-refractivity contribution in [3.8, 4) is 0 Å². The van der Waals surface area contributed by atoms with Gasteiger partial charge in [0, 0.05) is 42.3 Å². The zero-order valence-corrected chi connectivity index (χ0v) is 31.5. The maximum Gasteiger partial charge on any atom is 0.323 e. The van der Waals surface area contributed by atoms with Gasteiger partial charge in [0.15, 0.2) is 0 Å². The lowest BCUT2D eigenvalue weighted by Gasteiger charge is -2.57. The molecule has 0 aliphatic heterocycles. The quantitative estimate of drug-likeness (QED) is 0.125. The number of aliphatic carboxylic acids is 1. The second-order valence-corrected chi connectivity index (χ2v) is 18.7. The number of nitrogens with zero attached hydrogens (tertiary/aromatic N) is 2. The standard InChI is InChI=1S/C41H52N2O5S2/c1-27(21-37(44)43(26-38(45)46)25-29-9-6-5-7-10-29)49-50-28(2)22-39(47)48-32-16-18-40(3)31(23-32)12-13-33-35-15-14-34(30-11-8-20-42-24-30)41(35,4)19-17-36(33)40/h5-12,14,20,24,27-28,32-33,35-36H,13,15-19,21-23,25-26H2,1-4H3,(H,45,46)/t27-,28-,32-,33-,35-,36-,40-,41+/m0/s1. The molecule has 9 heteroatoms. The number of carbonyl (C=O) groups excluding carboxylic acids is 2. The Balaban J connectivity index is 0.965. The van der Waals surface area contributed by atoms with Crippen molar-refractivity contribution >= 4 is 45.0 Å². The maximum atomic E-state index is 13.1. The summed E-state index contributed by atoms with van der Waals surface area (Å²) in [5, 5.41) is 9.36. The summed E-state index contributed by atoms with van der Waals surface area (Å²) in [6.07, 6.45) is 17.0. The predicted molar refractivity (Wildman–Crippen MR) is 202 cm³/mol. The maximum absolute atomic E-state index is 13.1. The summed E-state index contributed by atoms with van der Waals surface area (Å²) in [4.78, 5) is 43.4. The van der Waals surface area contributed by atoms with Crippen LogP contribution in [0.1, 0.15) is 96.6 Å². The van der Waals surface area contributed by atoms with Crippen molar-refractivity contribution in [3.05, 3.63) is 83.7 Å². The molecule has 0 spiro atoms. The number of esters is 1. The van der Waals surface area contributed by atoms with E-state index >= 15 is 0 Å². The van der Waals surface area contributed by atoms with Crippen LogP contribution in [0.25, 0.3) is 5.57 Å². The monoisotopic (exact) mass is 716 g/mol. The van der Waals surface area contributed by atoms with Gasteiger partial charge in [-0.25, -0.2) is 0 Å². The third-order valence-electron chi connectivity index (χ3n) is 12.1. The van der Waals surface area contributed by atoms with Crippen molar-refractivity contribution in [1.82, 2.24) is 9.88 Å². The molecular formula is C41H52N2O5S2. The van der Waals surface area contributed by atoms with E-state index in [4.69, 9.17) is 4.74 Å². The second kappa shape index (κ2) is 15.7. The molecule has 1 amide bonds. The molecule has 0 radical (unpaired) electrons. The van der Waals surface area contributed by atoms with Gasteiger partial charge in [-0.15, -0.1) is 0 Å². The number of ether oxygens (including phenoxy) is 1. The van der Waals surface area contributed by atoms with Crippen molar-refractivity contribution in [3.63, 3.8) is 0 Å². The SMILES string of the molecule is C[C@@H](CC(=O)O[C@H]1CC[C@@]2(C)C(=CC[C@@H]3[C@@H]2CC[C@]2(C)C(c4cccnc4)=CC[C@@H]32)C1)SS[C@@H](C)CC(=O)N(CC(=O)O)Cc1ccccc1. The van der Waals surface area contributed by atoms with E-state index in [1.165, 1.54) is 34.5 Å². The molecule has 0 bridgehead atoms. The van der Waals surface area contributed by atoms with E-state index in [0.29, 0.717) is 24.2 Å².